The van der Waals surface area contributed by atoms with Gasteiger partial charge in [-0.05, 0) is 30.2 Å². The minimum absolute atomic E-state index is 0.118. The smallest absolute Gasteiger partial charge is 0.354 e. The van der Waals surface area contributed by atoms with E-state index in [-0.39, 0.29) is 5.69 Å². The third-order valence-electron chi connectivity index (χ3n) is 3.16. The van der Waals surface area contributed by atoms with Crippen molar-refractivity contribution in [2.45, 2.75) is 33.7 Å². The number of pyridine rings is 1. The normalized spacial score (nSPS) is 12.7. The molecule has 0 saturated heterocycles. The Labute approximate surface area is 109 Å². The van der Waals surface area contributed by atoms with Crippen LogP contribution < -0.4 is 0 Å². The van der Waals surface area contributed by atoms with Crippen LogP contribution in [0, 0.1) is 5.92 Å². The van der Waals surface area contributed by atoms with E-state index < -0.39 is 5.97 Å². The lowest BCUT2D eigenvalue weighted by Crippen LogP contribution is -2.28. The van der Waals surface area contributed by atoms with Crippen molar-refractivity contribution in [2.75, 3.05) is 13.1 Å². The zero-order valence-corrected chi connectivity index (χ0v) is 11.4. The molecule has 0 aliphatic carbocycles. The Morgan fingerprint density at radius 2 is 2.22 bits per heavy atom. The molecule has 1 atom stereocenters. The van der Waals surface area contributed by atoms with Crippen molar-refractivity contribution < 1.29 is 9.90 Å². The van der Waals surface area contributed by atoms with Crippen molar-refractivity contribution in [3.8, 4) is 0 Å². The molecule has 1 aromatic heterocycles. The van der Waals surface area contributed by atoms with Gasteiger partial charge in [-0.15, -0.1) is 0 Å². The quantitative estimate of drug-likeness (QED) is 0.808. The molecular formula is C14H22N2O2. The summed E-state index contributed by atoms with van der Waals surface area (Å²) in [5.41, 5.74) is 1.12. The van der Waals surface area contributed by atoms with Crippen LogP contribution in [0.1, 0.15) is 43.2 Å². The van der Waals surface area contributed by atoms with Gasteiger partial charge in [0.05, 0.1) is 0 Å². The summed E-state index contributed by atoms with van der Waals surface area (Å²) in [6.07, 6.45) is 2.73. The third kappa shape index (κ3) is 4.45. The second-order valence-electron chi connectivity index (χ2n) is 4.70. The predicted molar refractivity (Wildman–Crippen MR) is 71.6 cm³/mol. The molecule has 0 radical (unpaired) electrons. The maximum absolute atomic E-state index is 10.9. The molecule has 4 nitrogen and oxygen atoms in total. The number of hydrogen-bond acceptors (Lipinski definition) is 3. The average Bonchev–Trinajstić information content (AvgIpc) is 2.38. The Morgan fingerprint density at radius 3 is 2.78 bits per heavy atom. The van der Waals surface area contributed by atoms with Crippen LogP contribution in [0.5, 0.6) is 0 Å². The maximum atomic E-state index is 10.9. The molecule has 0 spiro atoms. The van der Waals surface area contributed by atoms with Crippen LogP contribution in [-0.4, -0.2) is 34.0 Å². The predicted octanol–water partition coefficient (Wildman–Crippen LogP) is 2.65. The molecule has 0 aliphatic rings. The lowest BCUT2D eigenvalue weighted by atomic mass is 10.1. The fourth-order valence-corrected chi connectivity index (χ4v) is 1.82. The highest BCUT2D eigenvalue weighted by atomic mass is 16.4. The van der Waals surface area contributed by atoms with E-state index in [9.17, 15) is 4.79 Å². The fourth-order valence-electron chi connectivity index (χ4n) is 1.82. The zero-order valence-electron chi connectivity index (χ0n) is 11.4. The second-order valence-corrected chi connectivity index (χ2v) is 4.70. The van der Waals surface area contributed by atoms with E-state index in [0.717, 1.165) is 31.6 Å². The first kappa shape index (κ1) is 14.6. The van der Waals surface area contributed by atoms with E-state index in [1.165, 1.54) is 0 Å². The Bertz CT molecular complexity index is 393. The van der Waals surface area contributed by atoms with Gasteiger partial charge in [-0.2, -0.15) is 0 Å². The maximum Gasteiger partial charge on any atom is 0.354 e. The molecular weight excluding hydrogens is 228 g/mol. The number of hydrogen-bond donors (Lipinski definition) is 1. The van der Waals surface area contributed by atoms with Gasteiger partial charge < -0.3 is 5.11 Å². The average molecular weight is 250 g/mol. The van der Waals surface area contributed by atoms with Crippen LogP contribution in [-0.2, 0) is 6.54 Å². The van der Waals surface area contributed by atoms with Gasteiger partial charge in [0.1, 0.15) is 5.69 Å². The molecule has 18 heavy (non-hydrogen) atoms. The van der Waals surface area contributed by atoms with Crippen LogP contribution >= 0.6 is 0 Å². The van der Waals surface area contributed by atoms with Crippen LogP contribution in [0.3, 0.4) is 0 Å². The topological polar surface area (TPSA) is 53.4 Å². The SMILES string of the molecule is CCC(C)CN(CC)Cc1ccnc(C(=O)O)c1. The van der Waals surface area contributed by atoms with Gasteiger partial charge in [0.25, 0.3) is 0 Å². The summed E-state index contributed by atoms with van der Waals surface area (Å²) in [4.78, 5) is 17.0. The molecule has 1 N–H and O–H groups in total. The van der Waals surface area contributed by atoms with Gasteiger partial charge in [-0.1, -0.05) is 27.2 Å². The van der Waals surface area contributed by atoms with E-state index >= 15 is 0 Å². The number of carboxylic acid groups (broad SMARTS) is 1. The first-order chi connectivity index (χ1) is 8.56. The summed E-state index contributed by atoms with van der Waals surface area (Å²) in [5, 5.41) is 8.91. The largest absolute Gasteiger partial charge is 0.477 e. The summed E-state index contributed by atoms with van der Waals surface area (Å²) in [7, 11) is 0. The first-order valence-corrected chi connectivity index (χ1v) is 6.47. The zero-order chi connectivity index (χ0) is 13.5. The van der Waals surface area contributed by atoms with E-state index in [1.807, 2.05) is 6.07 Å². The molecule has 0 aliphatic heterocycles. The van der Waals surface area contributed by atoms with Gasteiger partial charge in [0.15, 0.2) is 0 Å². The molecule has 1 aromatic rings. The van der Waals surface area contributed by atoms with Gasteiger partial charge in [-0.25, -0.2) is 9.78 Å². The van der Waals surface area contributed by atoms with Gasteiger partial charge in [0.2, 0.25) is 0 Å². The van der Waals surface area contributed by atoms with Crippen molar-refractivity contribution in [1.82, 2.24) is 9.88 Å². The number of aromatic nitrogens is 1. The van der Waals surface area contributed by atoms with Crippen molar-refractivity contribution in [2.24, 2.45) is 5.92 Å². The first-order valence-electron chi connectivity index (χ1n) is 6.47. The van der Waals surface area contributed by atoms with Crippen molar-refractivity contribution >= 4 is 5.97 Å². The summed E-state index contributed by atoms with van der Waals surface area (Å²) in [6.45, 7) is 9.34. The monoisotopic (exact) mass is 250 g/mol. The number of carboxylic acids is 1. The molecule has 1 unspecified atom stereocenters. The van der Waals surface area contributed by atoms with Crippen molar-refractivity contribution in [3.05, 3.63) is 29.6 Å². The van der Waals surface area contributed by atoms with Crippen LogP contribution in [0.15, 0.2) is 18.3 Å². The van der Waals surface area contributed by atoms with Gasteiger partial charge in [0, 0.05) is 19.3 Å². The minimum atomic E-state index is -0.971. The summed E-state index contributed by atoms with van der Waals surface area (Å²) < 4.78 is 0. The number of nitrogens with zero attached hydrogens (tertiary/aromatic N) is 2. The van der Waals surface area contributed by atoms with E-state index in [0.29, 0.717) is 5.92 Å². The van der Waals surface area contributed by atoms with E-state index in [2.05, 4.69) is 30.7 Å². The van der Waals surface area contributed by atoms with Crippen molar-refractivity contribution in [1.29, 1.82) is 0 Å². The van der Waals surface area contributed by atoms with E-state index in [4.69, 9.17) is 5.11 Å². The fraction of sp³-hybridized carbons (Fsp3) is 0.571. The molecule has 0 bridgehead atoms. The lowest BCUT2D eigenvalue weighted by Gasteiger charge is -2.23. The van der Waals surface area contributed by atoms with Crippen molar-refractivity contribution in [3.63, 3.8) is 0 Å². The van der Waals surface area contributed by atoms with E-state index in [1.54, 1.807) is 12.3 Å². The molecule has 1 heterocycles. The molecule has 0 amide bonds. The summed E-state index contributed by atoms with van der Waals surface area (Å²) in [5.74, 6) is -0.312. The Kier molecular flexibility index (Phi) is 5.78. The van der Waals surface area contributed by atoms with Crippen LogP contribution in [0.2, 0.25) is 0 Å². The Hall–Kier alpha value is -1.42. The number of aromatic carboxylic acids is 1. The molecule has 100 valence electrons. The molecule has 0 aromatic carbocycles. The van der Waals surface area contributed by atoms with Crippen LogP contribution in [0.25, 0.3) is 0 Å². The number of carbonyl (C=O) groups is 1. The minimum Gasteiger partial charge on any atom is -0.477 e. The highest BCUT2D eigenvalue weighted by molar-refractivity contribution is 5.85. The molecule has 1 rings (SSSR count). The standard InChI is InChI=1S/C14H22N2O2/c1-4-11(3)9-16(5-2)10-12-6-7-15-13(8-12)14(17)18/h6-8,11H,4-5,9-10H2,1-3H3,(H,17,18). The molecule has 0 saturated carbocycles. The van der Waals surface area contributed by atoms with Crippen LogP contribution in [0.4, 0.5) is 0 Å². The third-order valence-corrected chi connectivity index (χ3v) is 3.16. The Balaban J connectivity index is 2.69. The van der Waals surface area contributed by atoms with Gasteiger partial charge >= 0.3 is 5.97 Å². The number of rotatable bonds is 7. The molecule has 0 fully saturated rings. The van der Waals surface area contributed by atoms with Gasteiger partial charge in [-0.3, -0.25) is 4.90 Å². The summed E-state index contributed by atoms with van der Waals surface area (Å²) >= 11 is 0. The highest BCUT2D eigenvalue weighted by Crippen LogP contribution is 2.10. The highest BCUT2D eigenvalue weighted by Gasteiger charge is 2.10. The second kappa shape index (κ2) is 7.11. The summed E-state index contributed by atoms with van der Waals surface area (Å²) in [6, 6.07) is 3.54. The Morgan fingerprint density at radius 1 is 1.50 bits per heavy atom. The molecule has 4 heteroatoms. The lowest BCUT2D eigenvalue weighted by molar-refractivity contribution is 0.0690.